The first-order chi connectivity index (χ1) is 8.11. The molecule has 90 valence electrons. The van der Waals surface area contributed by atoms with Crippen molar-refractivity contribution in [2.24, 2.45) is 5.92 Å². The van der Waals surface area contributed by atoms with Crippen LogP contribution in [0, 0.1) is 17.2 Å². The van der Waals surface area contributed by atoms with Gasteiger partial charge in [0.1, 0.15) is 0 Å². The summed E-state index contributed by atoms with van der Waals surface area (Å²) in [6, 6.07) is 8.18. The molecule has 17 heavy (non-hydrogen) atoms. The van der Waals surface area contributed by atoms with Gasteiger partial charge in [0, 0.05) is 5.69 Å². The summed E-state index contributed by atoms with van der Waals surface area (Å²) >= 11 is 0. The van der Waals surface area contributed by atoms with E-state index in [9.17, 15) is 4.79 Å². The van der Waals surface area contributed by atoms with Crippen LogP contribution < -0.4 is 10.8 Å². The molecule has 1 rings (SSSR count). The van der Waals surface area contributed by atoms with Crippen molar-refractivity contribution >= 4 is 11.7 Å². The molecule has 0 fully saturated rings. The molecule has 0 radical (unpaired) electrons. The van der Waals surface area contributed by atoms with Crippen LogP contribution in [0.1, 0.15) is 19.4 Å². The number of hydrogen-bond donors (Lipinski definition) is 2. The Hall–Kier alpha value is -2.06. The predicted molar refractivity (Wildman–Crippen MR) is 64.1 cm³/mol. The molecule has 0 unspecified atom stereocenters. The topological polar surface area (TPSA) is 74.2 Å². The SMILES string of the molecule is CC(C)CONC(=O)Nc1cccc(C#N)c1. The zero-order valence-electron chi connectivity index (χ0n) is 9.86. The molecule has 1 aromatic carbocycles. The van der Waals surface area contributed by atoms with Crippen LogP contribution in [0.5, 0.6) is 0 Å². The predicted octanol–water partition coefficient (Wildman–Crippen LogP) is 2.27. The fraction of sp³-hybridized carbons (Fsp3) is 0.333. The maximum absolute atomic E-state index is 11.4. The molecule has 0 saturated carbocycles. The number of benzene rings is 1. The number of nitriles is 1. The molecule has 0 spiro atoms. The van der Waals surface area contributed by atoms with Gasteiger partial charge in [0.25, 0.3) is 0 Å². The van der Waals surface area contributed by atoms with E-state index in [2.05, 4.69) is 10.8 Å². The number of carbonyl (C=O) groups is 1. The maximum Gasteiger partial charge on any atom is 0.343 e. The highest BCUT2D eigenvalue weighted by atomic mass is 16.7. The van der Waals surface area contributed by atoms with Crippen LogP contribution in [0.4, 0.5) is 10.5 Å². The van der Waals surface area contributed by atoms with Gasteiger partial charge in [-0.05, 0) is 24.1 Å². The summed E-state index contributed by atoms with van der Waals surface area (Å²) in [5.74, 6) is 0.345. The molecule has 0 bridgehead atoms. The molecule has 0 saturated heterocycles. The van der Waals surface area contributed by atoms with Gasteiger partial charge in [0.05, 0.1) is 18.2 Å². The molecule has 5 heteroatoms. The third kappa shape index (κ3) is 5.00. The molecule has 0 aliphatic carbocycles. The van der Waals surface area contributed by atoms with Crippen molar-refractivity contribution in [1.82, 2.24) is 5.48 Å². The molecule has 0 heterocycles. The summed E-state index contributed by atoms with van der Waals surface area (Å²) in [6.45, 7) is 4.41. The molecule has 5 nitrogen and oxygen atoms in total. The van der Waals surface area contributed by atoms with Crippen molar-refractivity contribution < 1.29 is 9.63 Å². The second-order valence-electron chi connectivity index (χ2n) is 3.95. The number of anilines is 1. The normalized spacial score (nSPS) is 9.76. The monoisotopic (exact) mass is 233 g/mol. The number of nitrogens with zero attached hydrogens (tertiary/aromatic N) is 1. The summed E-state index contributed by atoms with van der Waals surface area (Å²) in [7, 11) is 0. The van der Waals surface area contributed by atoms with Crippen molar-refractivity contribution in [2.75, 3.05) is 11.9 Å². The largest absolute Gasteiger partial charge is 0.343 e. The Labute approximate surface area is 100 Å². The van der Waals surface area contributed by atoms with Crippen LogP contribution in [0.25, 0.3) is 0 Å². The van der Waals surface area contributed by atoms with Gasteiger partial charge in [-0.25, -0.2) is 10.3 Å². The van der Waals surface area contributed by atoms with Crippen molar-refractivity contribution in [3.05, 3.63) is 29.8 Å². The number of nitrogens with one attached hydrogen (secondary N) is 2. The highest BCUT2D eigenvalue weighted by Crippen LogP contribution is 2.09. The number of amides is 2. The fourth-order valence-electron chi connectivity index (χ4n) is 1.10. The minimum atomic E-state index is -0.458. The number of hydrogen-bond acceptors (Lipinski definition) is 3. The van der Waals surface area contributed by atoms with Crippen LogP contribution in [0.15, 0.2) is 24.3 Å². The van der Waals surface area contributed by atoms with Crippen LogP contribution >= 0.6 is 0 Å². The Bertz CT molecular complexity index is 424. The van der Waals surface area contributed by atoms with Gasteiger partial charge in [-0.1, -0.05) is 19.9 Å². The van der Waals surface area contributed by atoms with E-state index in [0.29, 0.717) is 23.8 Å². The number of hydroxylamine groups is 1. The highest BCUT2D eigenvalue weighted by Gasteiger charge is 2.02. The van der Waals surface area contributed by atoms with Gasteiger partial charge >= 0.3 is 6.03 Å². The second-order valence-corrected chi connectivity index (χ2v) is 3.95. The molecular weight excluding hydrogens is 218 g/mol. The molecule has 0 aliphatic rings. The molecular formula is C12H15N3O2. The average Bonchev–Trinajstić information content (AvgIpc) is 2.28. The fourth-order valence-corrected chi connectivity index (χ4v) is 1.10. The molecule has 2 N–H and O–H groups in total. The molecule has 1 aromatic rings. The van der Waals surface area contributed by atoms with E-state index in [4.69, 9.17) is 10.1 Å². The Morgan fingerprint density at radius 2 is 2.29 bits per heavy atom. The van der Waals surface area contributed by atoms with Crippen molar-refractivity contribution in [3.8, 4) is 6.07 Å². The standard InChI is InChI=1S/C12H15N3O2/c1-9(2)8-17-15-12(16)14-11-5-3-4-10(6-11)7-13/h3-6,9H,8H2,1-2H3,(H2,14,15,16). The number of urea groups is 1. The number of carbonyl (C=O) groups excluding carboxylic acids is 1. The maximum atomic E-state index is 11.4. The quantitative estimate of drug-likeness (QED) is 0.783. The lowest BCUT2D eigenvalue weighted by molar-refractivity contribution is 0.0482. The van der Waals surface area contributed by atoms with Crippen LogP contribution in [-0.4, -0.2) is 12.6 Å². The zero-order chi connectivity index (χ0) is 12.7. The Kier molecular flexibility index (Phi) is 4.98. The van der Waals surface area contributed by atoms with Crippen LogP contribution in [0.2, 0.25) is 0 Å². The lowest BCUT2D eigenvalue weighted by Crippen LogP contribution is -2.30. The van der Waals surface area contributed by atoms with Crippen molar-refractivity contribution in [2.45, 2.75) is 13.8 Å². The van der Waals surface area contributed by atoms with Crippen LogP contribution in [-0.2, 0) is 4.84 Å². The van der Waals surface area contributed by atoms with E-state index in [0.717, 1.165) is 0 Å². The van der Waals surface area contributed by atoms with Crippen LogP contribution in [0.3, 0.4) is 0 Å². The average molecular weight is 233 g/mol. The Morgan fingerprint density at radius 1 is 1.53 bits per heavy atom. The third-order valence-electron chi connectivity index (χ3n) is 1.83. The first-order valence-corrected chi connectivity index (χ1v) is 5.30. The summed E-state index contributed by atoms with van der Waals surface area (Å²) in [6.07, 6.45) is 0. The minimum Gasteiger partial charge on any atom is -0.306 e. The first-order valence-electron chi connectivity index (χ1n) is 5.30. The zero-order valence-corrected chi connectivity index (χ0v) is 9.86. The van der Waals surface area contributed by atoms with Crippen molar-refractivity contribution in [3.63, 3.8) is 0 Å². The van der Waals surface area contributed by atoms with Gasteiger partial charge < -0.3 is 5.32 Å². The Morgan fingerprint density at radius 3 is 2.94 bits per heavy atom. The van der Waals surface area contributed by atoms with Gasteiger partial charge in [-0.15, -0.1) is 0 Å². The number of rotatable bonds is 4. The van der Waals surface area contributed by atoms with Gasteiger partial charge in [0.2, 0.25) is 0 Å². The van der Waals surface area contributed by atoms with Gasteiger partial charge in [-0.2, -0.15) is 5.26 Å². The third-order valence-corrected chi connectivity index (χ3v) is 1.83. The Balaban J connectivity index is 2.43. The summed E-state index contributed by atoms with van der Waals surface area (Å²) in [5, 5.41) is 11.3. The summed E-state index contributed by atoms with van der Waals surface area (Å²) < 4.78 is 0. The van der Waals surface area contributed by atoms with E-state index >= 15 is 0 Å². The van der Waals surface area contributed by atoms with Gasteiger partial charge in [-0.3, -0.25) is 4.84 Å². The molecule has 0 atom stereocenters. The molecule has 0 aliphatic heterocycles. The molecule has 0 aromatic heterocycles. The van der Waals surface area contributed by atoms with E-state index in [1.807, 2.05) is 19.9 Å². The first kappa shape index (κ1) is 13.0. The van der Waals surface area contributed by atoms with Crippen molar-refractivity contribution in [1.29, 1.82) is 5.26 Å². The van der Waals surface area contributed by atoms with E-state index in [1.165, 1.54) is 0 Å². The lowest BCUT2D eigenvalue weighted by Gasteiger charge is -2.09. The van der Waals surface area contributed by atoms with Gasteiger partial charge in [0.15, 0.2) is 0 Å². The second kappa shape index (κ2) is 6.51. The summed E-state index contributed by atoms with van der Waals surface area (Å²) in [5.41, 5.74) is 3.31. The van der Waals surface area contributed by atoms with E-state index < -0.39 is 6.03 Å². The lowest BCUT2D eigenvalue weighted by atomic mass is 10.2. The van der Waals surface area contributed by atoms with E-state index in [-0.39, 0.29) is 0 Å². The molecule has 2 amide bonds. The van der Waals surface area contributed by atoms with E-state index in [1.54, 1.807) is 24.3 Å². The summed E-state index contributed by atoms with van der Waals surface area (Å²) in [4.78, 5) is 16.3. The minimum absolute atomic E-state index is 0.345. The smallest absolute Gasteiger partial charge is 0.306 e. The highest BCUT2D eigenvalue weighted by molar-refractivity contribution is 5.88.